The molecule has 4 rings (SSSR count). The maximum absolute atomic E-state index is 12.5. The van der Waals surface area contributed by atoms with E-state index in [1.54, 1.807) is 29.5 Å². The molecule has 1 saturated carbocycles. The third kappa shape index (κ3) is 2.70. The van der Waals surface area contributed by atoms with Crippen LogP contribution in [0.3, 0.4) is 0 Å². The summed E-state index contributed by atoms with van der Waals surface area (Å²) in [6.07, 6.45) is 4.75. The van der Waals surface area contributed by atoms with Gasteiger partial charge in [-0.25, -0.2) is 0 Å². The molecule has 0 unspecified atom stereocenters. The van der Waals surface area contributed by atoms with E-state index >= 15 is 0 Å². The van der Waals surface area contributed by atoms with Crippen LogP contribution in [0.2, 0.25) is 0 Å². The van der Waals surface area contributed by atoms with E-state index in [2.05, 4.69) is 22.1 Å². The van der Waals surface area contributed by atoms with E-state index in [9.17, 15) is 4.79 Å². The molecule has 1 N–H and O–H groups in total. The first-order valence-corrected chi connectivity index (χ1v) is 8.92. The largest absolute Gasteiger partial charge is 0.454 e. The lowest BCUT2D eigenvalue weighted by atomic mass is 9.80. The molecule has 4 nitrogen and oxygen atoms in total. The van der Waals surface area contributed by atoms with Crippen LogP contribution in [0.15, 0.2) is 35.0 Å². The third-order valence-corrected chi connectivity index (χ3v) is 5.60. The van der Waals surface area contributed by atoms with Crippen molar-refractivity contribution in [3.05, 3.63) is 46.2 Å². The second kappa shape index (κ2) is 5.89. The number of benzene rings is 1. The Kier molecular flexibility index (Phi) is 3.73. The highest BCUT2D eigenvalue weighted by atomic mass is 32.1. The van der Waals surface area contributed by atoms with Crippen LogP contribution < -0.4 is 14.8 Å². The Balaban J connectivity index is 1.48. The van der Waals surface area contributed by atoms with Crippen molar-refractivity contribution in [2.75, 3.05) is 13.3 Å². The van der Waals surface area contributed by atoms with Crippen LogP contribution in [-0.4, -0.2) is 19.2 Å². The topological polar surface area (TPSA) is 47.6 Å². The predicted molar refractivity (Wildman–Crippen MR) is 89.4 cm³/mol. The summed E-state index contributed by atoms with van der Waals surface area (Å²) in [5.74, 6) is 1.29. The Labute approximate surface area is 139 Å². The maximum atomic E-state index is 12.5. The van der Waals surface area contributed by atoms with Crippen LogP contribution in [0.5, 0.6) is 11.5 Å². The Hall–Kier alpha value is -2.01. The van der Waals surface area contributed by atoms with Crippen LogP contribution in [-0.2, 0) is 5.41 Å². The molecule has 1 amide bonds. The molecule has 0 saturated heterocycles. The number of rotatable bonds is 4. The normalized spacial score (nSPS) is 18.1. The molecule has 0 bridgehead atoms. The zero-order valence-corrected chi connectivity index (χ0v) is 13.7. The Morgan fingerprint density at radius 1 is 1.17 bits per heavy atom. The second-order valence-electron chi connectivity index (χ2n) is 6.25. The average Bonchev–Trinajstić information content (AvgIpc) is 3.33. The molecule has 5 heteroatoms. The van der Waals surface area contributed by atoms with Crippen molar-refractivity contribution in [1.82, 2.24) is 5.32 Å². The van der Waals surface area contributed by atoms with Crippen molar-refractivity contribution in [2.45, 2.75) is 31.1 Å². The number of hydrogen-bond acceptors (Lipinski definition) is 4. The molecule has 0 radical (unpaired) electrons. The molecule has 0 atom stereocenters. The molecule has 1 fully saturated rings. The fourth-order valence-electron chi connectivity index (χ4n) is 3.57. The molecule has 2 aromatic rings. The molecule has 1 aliphatic heterocycles. The average molecular weight is 329 g/mol. The summed E-state index contributed by atoms with van der Waals surface area (Å²) < 4.78 is 10.6. The highest BCUT2D eigenvalue weighted by molar-refractivity contribution is 7.08. The molecule has 0 spiro atoms. The van der Waals surface area contributed by atoms with Gasteiger partial charge in [0.2, 0.25) is 6.79 Å². The summed E-state index contributed by atoms with van der Waals surface area (Å²) in [6, 6.07) is 7.53. The summed E-state index contributed by atoms with van der Waals surface area (Å²) in [6.45, 7) is 0.915. The lowest BCUT2D eigenvalue weighted by molar-refractivity contribution is 0.0942. The van der Waals surface area contributed by atoms with Gasteiger partial charge in [0.05, 0.1) is 0 Å². The second-order valence-corrected chi connectivity index (χ2v) is 7.03. The molecule has 23 heavy (non-hydrogen) atoms. The number of amides is 1. The lowest BCUT2D eigenvalue weighted by Crippen LogP contribution is -2.38. The molecule has 1 aromatic carbocycles. The van der Waals surface area contributed by atoms with Gasteiger partial charge >= 0.3 is 0 Å². The van der Waals surface area contributed by atoms with Gasteiger partial charge in [-0.15, -0.1) is 0 Å². The first-order valence-electron chi connectivity index (χ1n) is 7.97. The van der Waals surface area contributed by atoms with Gasteiger partial charge in [0, 0.05) is 17.5 Å². The third-order valence-electron chi connectivity index (χ3n) is 4.92. The summed E-state index contributed by atoms with van der Waals surface area (Å²) in [4.78, 5) is 12.5. The van der Waals surface area contributed by atoms with E-state index < -0.39 is 0 Å². The molecular formula is C18H19NO3S. The van der Waals surface area contributed by atoms with Gasteiger partial charge < -0.3 is 14.8 Å². The van der Waals surface area contributed by atoms with Crippen LogP contribution in [0.4, 0.5) is 0 Å². The fraction of sp³-hybridized carbons (Fsp3) is 0.389. The number of nitrogens with one attached hydrogen (secondary N) is 1. The van der Waals surface area contributed by atoms with Gasteiger partial charge in [0.25, 0.3) is 5.91 Å². The minimum atomic E-state index is -0.0511. The van der Waals surface area contributed by atoms with Crippen LogP contribution in [0, 0.1) is 0 Å². The van der Waals surface area contributed by atoms with E-state index in [-0.39, 0.29) is 18.1 Å². The minimum absolute atomic E-state index is 0.0511. The summed E-state index contributed by atoms with van der Waals surface area (Å²) >= 11 is 1.73. The van der Waals surface area contributed by atoms with Crippen LogP contribution >= 0.6 is 11.3 Å². The van der Waals surface area contributed by atoms with Gasteiger partial charge in [0.1, 0.15) is 0 Å². The van der Waals surface area contributed by atoms with E-state index in [1.807, 2.05) is 0 Å². The summed E-state index contributed by atoms with van der Waals surface area (Å²) in [5, 5.41) is 7.47. The van der Waals surface area contributed by atoms with Gasteiger partial charge in [-0.05, 0) is 53.4 Å². The first-order chi connectivity index (χ1) is 11.3. The molecular weight excluding hydrogens is 310 g/mol. The number of thiophene rings is 1. The van der Waals surface area contributed by atoms with Crippen molar-refractivity contribution in [3.63, 3.8) is 0 Å². The van der Waals surface area contributed by atoms with E-state index in [0.717, 1.165) is 12.8 Å². The molecule has 1 aliphatic carbocycles. The number of carbonyl (C=O) groups excluding carboxylic acids is 1. The standard InChI is InChI=1S/C18H19NO3S/c20-17(13-3-4-15-16(9-13)22-12-21-15)19-11-18(6-1-2-7-18)14-5-8-23-10-14/h3-5,8-10H,1-2,6-7,11-12H2,(H,19,20). The van der Waals surface area contributed by atoms with Crippen molar-refractivity contribution >= 4 is 17.2 Å². The quantitative estimate of drug-likeness (QED) is 0.930. The minimum Gasteiger partial charge on any atom is -0.454 e. The zero-order chi connectivity index (χ0) is 15.7. The Morgan fingerprint density at radius 3 is 2.78 bits per heavy atom. The maximum Gasteiger partial charge on any atom is 0.251 e. The fourth-order valence-corrected chi connectivity index (χ4v) is 4.35. The Bertz CT molecular complexity index is 705. The summed E-state index contributed by atoms with van der Waals surface area (Å²) in [7, 11) is 0. The predicted octanol–water partition coefficient (Wildman–Crippen LogP) is 3.72. The smallest absolute Gasteiger partial charge is 0.251 e. The molecule has 2 heterocycles. The van der Waals surface area contributed by atoms with Crippen LogP contribution in [0.25, 0.3) is 0 Å². The van der Waals surface area contributed by atoms with Gasteiger partial charge in [-0.2, -0.15) is 11.3 Å². The first kappa shape index (κ1) is 14.6. The molecule has 1 aromatic heterocycles. The van der Waals surface area contributed by atoms with Crippen LogP contribution in [0.1, 0.15) is 41.6 Å². The number of carbonyl (C=O) groups is 1. The number of hydrogen-bond donors (Lipinski definition) is 1. The molecule has 2 aliphatic rings. The summed E-state index contributed by atoms with van der Waals surface area (Å²) in [5.41, 5.74) is 2.09. The van der Waals surface area contributed by atoms with Gasteiger partial charge in [-0.1, -0.05) is 12.8 Å². The molecule has 120 valence electrons. The van der Waals surface area contributed by atoms with E-state index in [4.69, 9.17) is 9.47 Å². The van der Waals surface area contributed by atoms with Crippen molar-refractivity contribution < 1.29 is 14.3 Å². The number of ether oxygens (including phenoxy) is 2. The van der Waals surface area contributed by atoms with Crippen molar-refractivity contribution in [2.24, 2.45) is 0 Å². The van der Waals surface area contributed by atoms with Gasteiger partial charge in [-0.3, -0.25) is 4.79 Å². The van der Waals surface area contributed by atoms with Crippen molar-refractivity contribution in [3.8, 4) is 11.5 Å². The highest BCUT2D eigenvalue weighted by Gasteiger charge is 2.36. The zero-order valence-electron chi connectivity index (χ0n) is 12.8. The Morgan fingerprint density at radius 2 is 2.00 bits per heavy atom. The highest BCUT2D eigenvalue weighted by Crippen LogP contribution is 2.41. The monoisotopic (exact) mass is 329 g/mol. The SMILES string of the molecule is O=C(NCC1(c2ccsc2)CCCC1)c1ccc2c(c1)OCO2. The van der Waals surface area contributed by atoms with Crippen molar-refractivity contribution in [1.29, 1.82) is 0 Å². The number of fused-ring (bicyclic) bond motifs is 1. The van der Waals surface area contributed by atoms with Gasteiger partial charge in [0.15, 0.2) is 11.5 Å². The van der Waals surface area contributed by atoms with E-state index in [0.29, 0.717) is 23.6 Å². The lowest BCUT2D eigenvalue weighted by Gasteiger charge is -2.28. The van der Waals surface area contributed by atoms with E-state index in [1.165, 1.54) is 18.4 Å².